The SMILES string of the molecule is O=C(Cc1c(-c2ccc(Cl)cc2)nc2ccccn12)NCCN1C(=O)CSC1=O. The number of benzene rings is 1. The fourth-order valence-electron chi connectivity index (χ4n) is 3.17. The van der Waals surface area contributed by atoms with Crippen LogP contribution in [-0.4, -0.2) is 50.2 Å². The van der Waals surface area contributed by atoms with Gasteiger partial charge in [0.15, 0.2) is 0 Å². The Hall–Kier alpha value is -2.84. The summed E-state index contributed by atoms with van der Waals surface area (Å²) in [5.74, 6) is -0.266. The van der Waals surface area contributed by atoms with E-state index in [0.29, 0.717) is 10.7 Å². The Labute approximate surface area is 176 Å². The second-order valence-corrected chi connectivity index (χ2v) is 7.83. The molecule has 3 aromatic rings. The molecule has 0 unspecified atom stereocenters. The Morgan fingerprint density at radius 2 is 1.97 bits per heavy atom. The number of thioether (sulfide) groups is 1. The maximum Gasteiger partial charge on any atom is 0.288 e. The molecule has 7 nitrogen and oxygen atoms in total. The maximum atomic E-state index is 12.6. The van der Waals surface area contributed by atoms with Crippen molar-refractivity contribution in [1.29, 1.82) is 0 Å². The van der Waals surface area contributed by atoms with Gasteiger partial charge in [0.1, 0.15) is 5.65 Å². The van der Waals surface area contributed by atoms with Crippen LogP contribution in [-0.2, 0) is 16.0 Å². The summed E-state index contributed by atoms with van der Waals surface area (Å²) in [5.41, 5.74) is 3.07. The summed E-state index contributed by atoms with van der Waals surface area (Å²) in [7, 11) is 0. The zero-order chi connectivity index (χ0) is 20.4. The molecule has 0 bridgehead atoms. The number of hydrogen-bond acceptors (Lipinski definition) is 5. The lowest BCUT2D eigenvalue weighted by Crippen LogP contribution is -2.38. The summed E-state index contributed by atoms with van der Waals surface area (Å²) in [6.07, 6.45) is 1.98. The number of nitrogens with zero attached hydrogens (tertiary/aromatic N) is 3. The molecule has 0 aliphatic carbocycles. The van der Waals surface area contributed by atoms with Crippen molar-refractivity contribution in [3.63, 3.8) is 0 Å². The number of fused-ring (bicyclic) bond motifs is 1. The van der Waals surface area contributed by atoms with Crippen molar-refractivity contribution in [2.24, 2.45) is 0 Å². The summed E-state index contributed by atoms with van der Waals surface area (Å²) in [5, 5.41) is 3.14. The van der Waals surface area contributed by atoms with Gasteiger partial charge in [-0.2, -0.15) is 0 Å². The molecule has 9 heteroatoms. The Morgan fingerprint density at radius 1 is 1.17 bits per heavy atom. The molecule has 29 heavy (non-hydrogen) atoms. The topological polar surface area (TPSA) is 83.8 Å². The van der Waals surface area contributed by atoms with Crippen LogP contribution in [0.2, 0.25) is 5.02 Å². The Kier molecular flexibility index (Phi) is 5.55. The molecule has 1 aliphatic rings. The molecule has 0 spiro atoms. The van der Waals surface area contributed by atoms with Crippen LogP contribution in [0, 0.1) is 0 Å². The molecule has 0 atom stereocenters. The van der Waals surface area contributed by atoms with Gasteiger partial charge in [-0.15, -0.1) is 0 Å². The molecule has 4 rings (SSSR count). The van der Waals surface area contributed by atoms with Crippen LogP contribution in [0.1, 0.15) is 5.69 Å². The number of nitrogens with one attached hydrogen (secondary N) is 1. The fraction of sp³-hybridized carbons (Fsp3) is 0.200. The number of carbonyl (C=O) groups excluding carboxylic acids is 3. The molecule has 0 saturated carbocycles. The van der Waals surface area contributed by atoms with Crippen molar-refractivity contribution < 1.29 is 14.4 Å². The third-order valence-corrected chi connectivity index (χ3v) is 5.68. The molecule has 0 radical (unpaired) electrons. The highest BCUT2D eigenvalue weighted by Gasteiger charge is 2.29. The van der Waals surface area contributed by atoms with E-state index in [1.807, 2.05) is 40.9 Å². The van der Waals surface area contributed by atoms with Gasteiger partial charge in [0.25, 0.3) is 5.24 Å². The van der Waals surface area contributed by atoms with Crippen molar-refractivity contribution in [1.82, 2.24) is 19.6 Å². The lowest BCUT2D eigenvalue weighted by Gasteiger charge is -2.13. The lowest BCUT2D eigenvalue weighted by atomic mass is 10.1. The summed E-state index contributed by atoms with van der Waals surface area (Å²) in [6.45, 7) is 0.386. The molecule has 1 aromatic carbocycles. The number of amides is 3. The Balaban J connectivity index is 1.51. The van der Waals surface area contributed by atoms with Crippen LogP contribution in [0.4, 0.5) is 4.79 Å². The van der Waals surface area contributed by atoms with Gasteiger partial charge in [-0.05, 0) is 24.3 Å². The Morgan fingerprint density at radius 3 is 2.69 bits per heavy atom. The van der Waals surface area contributed by atoms with Gasteiger partial charge < -0.3 is 9.72 Å². The fourth-order valence-corrected chi connectivity index (χ4v) is 4.05. The molecule has 1 aliphatic heterocycles. The van der Waals surface area contributed by atoms with Crippen molar-refractivity contribution in [2.45, 2.75) is 6.42 Å². The quantitative estimate of drug-likeness (QED) is 0.652. The molecule has 1 saturated heterocycles. The molecule has 3 amide bonds. The van der Waals surface area contributed by atoms with Crippen LogP contribution < -0.4 is 5.32 Å². The van der Waals surface area contributed by atoms with E-state index in [1.165, 1.54) is 0 Å². The van der Waals surface area contributed by atoms with Gasteiger partial charge in [-0.1, -0.05) is 41.6 Å². The average Bonchev–Trinajstić information content (AvgIpc) is 3.23. The summed E-state index contributed by atoms with van der Waals surface area (Å²) >= 11 is 6.97. The minimum atomic E-state index is -0.268. The first kappa shape index (κ1) is 19.5. The Bertz CT molecular complexity index is 1080. The number of carbonyl (C=O) groups is 3. The largest absolute Gasteiger partial charge is 0.354 e. The predicted molar refractivity (Wildman–Crippen MR) is 112 cm³/mol. The number of rotatable bonds is 6. The van der Waals surface area contributed by atoms with Crippen LogP contribution in [0.3, 0.4) is 0 Å². The van der Waals surface area contributed by atoms with E-state index >= 15 is 0 Å². The molecule has 3 heterocycles. The van der Waals surface area contributed by atoms with Gasteiger partial charge in [0, 0.05) is 29.9 Å². The van der Waals surface area contributed by atoms with Crippen LogP contribution in [0.15, 0.2) is 48.7 Å². The van der Waals surface area contributed by atoms with E-state index in [9.17, 15) is 14.4 Å². The first-order chi connectivity index (χ1) is 14.0. The minimum absolute atomic E-state index is 0.111. The highest BCUT2D eigenvalue weighted by Crippen LogP contribution is 2.26. The lowest BCUT2D eigenvalue weighted by molar-refractivity contribution is -0.125. The smallest absolute Gasteiger partial charge is 0.288 e. The summed E-state index contributed by atoms with van der Waals surface area (Å²) in [4.78, 5) is 41.7. The van der Waals surface area contributed by atoms with Crippen molar-refractivity contribution >= 4 is 46.1 Å². The number of imidazole rings is 1. The van der Waals surface area contributed by atoms with E-state index < -0.39 is 0 Å². The van der Waals surface area contributed by atoms with E-state index in [-0.39, 0.29) is 42.3 Å². The van der Waals surface area contributed by atoms with Crippen molar-refractivity contribution in [2.75, 3.05) is 18.8 Å². The molecule has 1 N–H and O–H groups in total. The molecule has 1 fully saturated rings. The second-order valence-electron chi connectivity index (χ2n) is 6.47. The molecular formula is C20H17ClN4O3S. The number of aromatic nitrogens is 2. The van der Waals surface area contributed by atoms with Crippen molar-refractivity contribution in [3.05, 3.63) is 59.4 Å². The zero-order valence-corrected chi connectivity index (χ0v) is 16.9. The third kappa shape index (κ3) is 4.13. The van der Waals surface area contributed by atoms with Crippen LogP contribution in [0.5, 0.6) is 0 Å². The van der Waals surface area contributed by atoms with Gasteiger partial charge in [0.05, 0.1) is 23.6 Å². The summed E-state index contributed by atoms with van der Waals surface area (Å²) in [6, 6.07) is 13.0. The van der Waals surface area contributed by atoms with E-state index in [0.717, 1.165) is 33.6 Å². The van der Waals surface area contributed by atoms with Crippen LogP contribution in [0.25, 0.3) is 16.9 Å². The standard InChI is InChI=1S/C20H17ClN4O3S/c21-14-6-4-13(5-7-14)19-15(24-9-2-1-3-16(24)23-19)11-17(26)22-8-10-25-18(27)12-29-20(25)28/h1-7,9H,8,10-12H2,(H,22,26). The van der Waals surface area contributed by atoms with Gasteiger partial charge in [-0.3, -0.25) is 19.3 Å². The predicted octanol–water partition coefficient (Wildman–Crippen LogP) is 3.01. The van der Waals surface area contributed by atoms with Gasteiger partial charge in [-0.25, -0.2) is 4.98 Å². The molecule has 2 aromatic heterocycles. The number of imide groups is 1. The summed E-state index contributed by atoms with van der Waals surface area (Å²) < 4.78 is 1.88. The zero-order valence-electron chi connectivity index (χ0n) is 15.3. The first-order valence-electron chi connectivity index (χ1n) is 8.98. The normalized spacial score (nSPS) is 14.0. The van der Waals surface area contributed by atoms with E-state index in [2.05, 4.69) is 10.3 Å². The van der Waals surface area contributed by atoms with Gasteiger partial charge in [0.2, 0.25) is 11.8 Å². The number of hydrogen-bond donors (Lipinski definition) is 1. The molecular weight excluding hydrogens is 412 g/mol. The minimum Gasteiger partial charge on any atom is -0.354 e. The highest BCUT2D eigenvalue weighted by molar-refractivity contribution is 8.14. The monoisotopic (exact) mass is 428 g/mol. The van der Waals surface area contributed by atoms with E-state index in [4.69, 9.17) is 11.6 Å². The number of pyridine rings is 1. The van der Waals surface area contributed by atoms with Crippen molar-refractivity contribution in [3.8, 4) is 11.3 Å². The highest BCUT2D eigenvalue weighted by atomic mass is 35.5. The third-order valence-electron chi connectivity index (χ3n) is 4.57. The van der Waals surface area contributed by atoms with E-state index in [1.54, 1.807) is 12.1 Å². The molecule has 148 valence electrons. The van der Waals surface area contributed by atoms with Crippen LogP contribution >= 0.6 is 23.4 Å². The average molecular weight is 429 g/mol. The van der Waals surface area contributed by atoms with Gasteiger partial charge >= 0.3 is 0 Å². The number of halogens is 1. The second kappa shape index (κ2) is 8.26. The maximum absolute atomic E-state index is 12.6. The first-order valence-corrected chi connectivity index (χ1v) is 10.3.